The molecule has 0 bridgehead atoms. The number of nitrogens with zero attached hydrogens (tertiary/aromatic N) is 3. The fraction of sp³-hybridized carbons (Fsp3) is 0.476. The van der Waals surface area contributed by atoms with Crippen molar-refractivity contribution in [2.45, 2.75) is 50.7 Å². The maximum Gasteiger partial charge on any atom is 0.254 e. The first kappa shape index (κ1) is 20.8. The number of primary amides is 1. The number of benzene rings is 1. The van der Waals surface area contributed by atoms with Crippen LogP contribution in [0.5, 0.6) is 0 Å². The molecule has 4 N–H and O–H groups in total. The zero-order valence-corrected chi connectivity index (χ0v) is 16.6. The molecule has 29 heavy (non-hydrogen) atoms. The third kappa shape index (κ3) is 4.40. The van der Waals surface area contributed by atoms with Crippen molar-refractivity contribution >= 4 is 17.4 Å². The van der Waals surface area contributed by atoms with E-state index in [0.717, 1.165) is 5.56 Å². The molecule has 2 aromatic rings. The first-order chi connectivity index (χ1) is 13.7. The van der Waals surface area contributed by atoms with E-state index < -0.39 is 30.0 Å². The average molecular weight is 399 g/mol. The van der Waals surface area contributed by atoms with Crippen molar-refractivity contribution in [1.82, 2.24) is 9.78 Å². The summed E-state index contributed by atoms with van der Waals surface area (Å²) in [6.45, 7) is 3.19. The Kier molecular flexibility index (Phi) is 5.89. The fourth-order valence-corrected chi connectivity index (χ4v) is 3.64. The summed E-state index contributed by atoms with van der Waals surface area (Å²) in [5, 5.41) is 26.8. The van der Waals surface area contributed by atoms with Gasteiger partial charge in [-0.1, -0.05) is 26.0 Å². The van der Waals surface area contributed by atoms with Gasteiger partial charge in [-0.15, -0.1) is 0 Å². The van der Waals surface area contributed by atoms with Gasteiger partial charge in [-0.25, -0.2) is 0 Å². The second-order valence-corrected chi connectivity index (χ2v) is 8.23. The van der Waals surface area contributed by atoms with Crippen molar-refractivity contribution in [3.63, 3.8) is 0 Å². The second kappa shape index (κ2) is 8.21. The zero-order valence-electron chi connectivity index (χ0n) is 16.6. The van der Waals surface area contributed by atoms with E-state index in [1.807, 2.05) is 26.0 Å². The van der Waals surface area contributed by atoms with Crippen LogP contribution in [0.1, 0.15) is 55.1 Å². The molecular weight excluding hydrogens is 373 g/mol. The Hall–Kier alpha value is -2.92. The minimum absolute atomic E-state index is 0.223. The van der Waals surface area contributed by atoms with Crippen molar-refractivity contribution in [2.24, 2.45) is 11.7 Å². The van der Waals surface area contributed by atoms with Crippen LogP contribution < -0.4 is 11.1 Å². The van der Waals surface area contributed by atoms with Crippen molar-refractivity contribution in [2.75, 3.05) is 12.0 Å². The Bertz CT molecular complexity index is 916. The number of nitrogens with two attached hydrogens (primary N) is 1. The van der Waals surface area contributed by atoms with Crippen LogP contribution in [-0.4, -0.2) is 33.6 Å². The first-order valence-corrected chi connectivity index (χ1v) is 9.65. The Labute approximate surface area is 169 Å². The van der Waals surface area contributed by atoms with E-state index in [1.54, 1.807) is 23.0 Å². The number of nitrogens with one attached hydrogen (secondary N) is 1. The molecule has 1 aromatic heterocycles. The maximum atomic E-state index is 13.2. The lowest BCUT2D eigenvalue weighted by Gasteiger charge is -2.30. The number of aromatic nitrogens is 2. The third-order valence-corrected chi connectivity index (χ3v) is 5.55. The molecule has 1 heterocycles. The molecule has 7 nitrogen and oxygen atoms in total. The zero-order chi connectivity index (χ0) is 21.2. The largest absolute Gasteiger partial charge is 0.393 e. The molecule has 0 saturated heterocycles. The number of nitriles is 1. The molecule has 3 unspecified atom stereocenters. The van der Waals surface area contributed by atoms with Crippen LogP contribution in [0.15, 0.2) is 30.5 Å². The Morgan fingerprint density at radius 2 is 2.10 bits per heavy atom. The number of amides is 1. The maximum absolute atomic E-state index is 13.2. The van der Waals surface area contributed by atoms with Crippen molar-refractivity contribution in [3.8, 4) is 6.07 Å². The smallest absolute Gasteiger partial charge is 0.254 e. The van der Waals surface area contributed by atoms with Crippen LogP contribution in [0.25, 0.3) is 0 Å². The fourth-order valence-electron chi connectivity index (χ4n) is 3.64. The van der Waals surface area contributed by atoms with Crippen molar-refractivity contribution in [3.05, 3.63) is 41.6 Å². The van der Waals surface area contributed by atoms with E-state index in [2.05, 4.69) is 16.5 Å². The highest BCUT2D eigenvalue weighted by Gasteiger charge is 2.32. The molecule has 1 aliphatic rings. The number of alkyl halides is 1. The predicted octanol–water partition coefficient (Wildman–Crippen LogP) is 3.20. The number of aliphatic hydroxyl groups excluding tert-OH is 1. The molecule has 1 aromatic carbocycles. The van der Waals surface area contributed by atoms with E-state index in [9.17, 15) is 19.6 Å². The summed E-state index contributed by atoms with van der Waals surface area (Å²) in [4.78, 5) is 11.9. The van der Waals surface area contributed by atoms with Crippen molar-refractivity contribution < 1.29 is 14.3 Å². The Balaban J connectivity index is 1.86. The highest BCUT2D eigenvalue weighted by molar-refractivity contribution is 5.98. The quantitative estimate of drug-likeness (QED) is 0.690. The number of aliphatic hydroxyl groups is 1. The summed E-state index contributed by atoms with van der Waals surface area (Å²) in [6.07, 6.45) is 2.60. The molecule has 3 rings (SSSR count). The number of hydrogen-bond acceptors (Lipinski definition) is 5. The van der Waals surface area contributed by atoms with Crippen molar-refractivity contribution in [1.29, 1.82) is 5.26 Å². The van der Waals surface area contributed by atoms with Crippen LogP contribution >= 0.6 is 0 Å². The van der Waals surface area contributed by atoms with Gasteiger partial charge in [0.15, 0.2) is 5.82 Å². The van der Waals surface area contributed by atoms with Gasteiger partial charge in [0, 0.05) is 17.3 Å². The molecule has 0 spiro atoms. The molecule has 0 aliphatic heterocycles. The highest BCUT2D eigenvalue weighted by Crippen LogP contribution is 2.35. The van der Waals surface area contributed by atoms with E-state index in [4.69, 9.17) is 5.73 Å². The van der Waals surface area contributed by atoms with Gasteiger partial charge in [0.25, 0.3) is 5.91 Å². The van der Waals surface area contributed by atoms with E-state index in [-0.39, 0.29) is 11.6 Å². The van der Waals surface area contributed by atoms with Gasteiger partial charge in [-0.2, -0.15) is 10.4 Å². The minimum Gasteiger partial charge on any atom is -0.393 e. The predicted molar refractivity (Wildman–Crippen MR) is 107 cm³/mol. The van der Waals surface area contributed by atoms with Gasteiger partial charge in [0.2, 0.25) is 0 Å². The summed E-state index contributed by atoms with van der Waals surface area (Å²) in [7, 11) is 0. The molecule has 0 radical (unpaired) electrons. The van der Waals surface area contributed by atoms with E-state index >= 15 is 0 Å². The van der Waals surface area contributed by atoms with Crippen LogP contribution in [-0.2, 0) is 5.41 Å². The van der Waals surface area contributed by atoms with Crippen LogP contribution in [0.2, 0.25) is 0 Å². The number of halogens is 1. The Morgan fingerprint density at radius 1 is 1.41 bits per heavy atom. The van der Waals surface area contributed by atoms with Crippen LogP contribution in [0.4, 0.5) is 15.9 Å². The van der Waals surface area contributed by atoms with Gasteiger partial charge in [-0.05, 0) is 37.0 Å². The summed E-state index contributed by atoms with van der Waals surface area (Å²) in [6, 6.07) is 9.25. The molecular formula is C21H26FN5O2. The number of rotatable bonds is 6. The lowest BCUT2D eigenvalue weighted by atomic mass is 9.84. The topological polar surface area (TPSA) is 117 Å². The van der Waals surface area contributed by atoms with Gasteiger partial charge in [-0.3, -0.25) is 13.9 Å². The number of anilines is 2. The SMILES string of the molecule is CC(C)(CF)c1ccc(Nc2nn(C3CCC(O)CC3C#N)cc2C(N)=O)cc1. The molecule has 1 saturated carbocycles. The van der Waals surface area contributed by atoms with Gasteiger partial charge in [0.05, 0.1) is 30.8 Å². The molecule has 1 aliphatic carbocycles. The van der Waals surface area contributed by atoms with Gasteiger partial charge in [0.1, 0.15) is 5.56 Å². The first-order valence-electron chi connectivity index (χ1n) is 9.65. The third-order valence-electron chi connectivity index (χ3n) is 5.55. The molecule has 3 atom stereocenters. The van der Waals surface area contributed by atoms with Gasteiger partial charge >= 0.3 is 0 Å². The summed E-state index contributed by atoms with van der Waals surface area (Å²) < 4.78 is 14.8. The lowest BCUT2D eigenvalue weighted by Crippen LogP contribution is -2.29. The van der Waals surface area contributed by atoms with Gasteiger partial charge < -0.3 is 16.2 Å². The van der Waals surface area contributed by atoms with Crippen LogP contribution in [0, 0.1) is 17.2 Å². The molecule has 1 amide bonds. The summed E-state index contributed by atoms with van der Waals surface area (Å²) in [5.41, 5.74) is 6.72. The van der Waals surface area contributed by atoms with E-state index in [0.29, 0.717) is 30.8 Å². The normalized spacial score (nSPS) is 22.1. The molecule has 1 fully saturated rings. The number of carbonyl (C=O) groups excluding carboxylic acids is 1. The van der Waals surface area contributed by atoms with E-state index in [1.165, 1.54) is 0 Å². The summed E-state index contributed by atoms with van der Waals surface area (Å²) in [5.74, 6) is -0.717. The number of carbonyl (C=O) groups is 1. The standard InChI is InChI=1S/C21H26FN5O2/c1-21(2,12-22)14-3-5-15(6-4-14)25-20-17(19(24)29)11-27(26-20)18-8-7-16(28)9-13(18)10-23/h3-6,11,13,16,18,28H,7-9,12H2,1-2H3,(H2,24,29)(H,25,26). The molecule has 8 heteroatoms. The average Bonchev–Trinajstić information content (AvgIpc) is 3.12. The summed E-state index contributed by atoms with van der Waals surface area (Å²) >= 11 is 0. The highest BCUT2D eigenvalue weighted by atomic mass is 19.1. The Morgan fingerprint density at radius 3 is 2.69 bits per heavy atom. The monoisotopic (exact) mass is 399 g/mol. The molecule has 154 valence electrons. The van der Waals surface area contributed by atoms with Crippen LogP contribution in [0.3, 0.4) is 0 Å². The lowest BCUT2D eigenvalue weighted by molar-refractivity contribution is 0.0861. The second-order valence-electron chi connectivity index (χ2n) is 8.23. The minimum atomic E-state index is -0.627. The number of hydrogen-bond donors (Lipinski definition) is 3.